The lowest BCUT2D eigenvalue weighted by Gasteiger charge is -2.10. The van der Waals surface area contributed by atoms with Crippen LogP contribution in [-0.2, 0) is 4.79 Å². The van der Waals surface area contributed by atoms with Crippen LogP contribution in [-0.4, -0.2) is 30.5 Å². The Hall–Kier alpha value is -4.10. The summed E-state index contributed by atoms with van der Waals surface area (Å²) in [7, 11) is 1.58. The van der Waals surface area contributed by atoms with Gasteiger partial charge in [0.15, 0.2) is 6.61 Å². The van der Waals surface area contributed by atoms with Gasteiger partial charge >= 0.3 is 0 Å². The van der Waals surface area contributed by atoms with E-state index in [9.17, 15) is 9.59 Å². The molecule has 1 heterocycles. The summed E-state index contributed by atoms with van der Waals surface area (Å²) in [5.74, 6) is 0.571. The van der Waals surface area contributed by atoms with Gasteiger partial charge in [-0.1, -0.05) is 11.6 Å². The second kappa shape index (κ2) is 10.0. The smallest absolute Gasteiger partial charge is 0.262 e. The molecule has 0 fully saturated rings. The van der Waals surface area contributed by atoms with Crippen LogP contribution in [0.4, 0.5) is 11.4 Å². The van der Waals surface area contributed by atoms with Gasteiger partial charge in [0.25, 0.3) is 11.8 Å². The average molecular weight is 462 g/mol. The molecular weight excluding hydrogens is 442 g/mol. The first-order valence-corrected chi connectivity index (χ1v) is 10.4. The second-order valence-electron chi connectivity index (χ2n) is 7.04. The van der Waals surface area contributed by atoms with Crippen LogP contribution in [0.25, 0.3) is 10.9 Å². The Labute approximate surface area is 195 Å². The normalized spacial score (nSPS) is 10.5. The van der Waals surface area contributed by atoms with Gasteiger partial charge in [0.1, 0.15) is 17.0 Å². The number of carbonyl (C=O) groups is 2. The molecule has 0 radical (unpaired) electrons. The second-order valence-corrected chi connectivity index (χ2v) is 7.45. The van der Waals surface area contributed by atoms with Gasteiger partial charge < -0.3 is 20.1 Å². The number of ether oxygens (including phenoxy) is 2. The Morgan fingerprint density at radius 3 is 2.33 bits per heavy atom. The third kappa shape index (κ3) is 5.39. The van der Waals surface area contributed by atoms with Crippen LogP contribution in [0.5, 0.6) is 11.5 Å². The molecule has 0 atom stereocenters. The van der Waals surface area contributed by atoms with E-state index in [0.29, 0.717) is 39.0 Å². The highest BCUT2D eigenvalue weighted by atomic mass is 35.5. The molecule has 0 aliphatic heterocycles. The summed E-state index contributed by atoms with van der Waals surface area (Å²) in [6.45, 7) is -0.201. The molecule has 0 spiro atoms. The van der Waals surface area contributed by atoms with Crippen LogP contribution in [0.1, 0.15) is 10.4 Å². The van der Waals surface area contributed by atoms with Gasteiger partial charge in [0.05, 0.1) is 12.1 Å². The van der Waals surface area contributed by atoms with Gasteiger partial charge in [-0.2, -0.15) is 0 Å². The first kappa shape index (κ1) is 22.1. The highest BCUT2D eigenvalue weighted by Gasteiger charge is 2.11. The number of halogens is 1. The fourth-order valence-electron chi connectivity index (χ4n) is 3.15. The number of anilines is 2. The molecule has 0 saturated heterocycles. The van der Waals surface area contributed by atoms with Crippen LogP contribution in [0.3, 0.4) is 0 Å². The molecule has 0 aliphatic rings. The minimum absolute atomic E-state index is 0.201. The zero-order valence-electron chi connectivity index (χ0n) is 17.7. The number of nitrogens with zero attached hydrogens (tertiary/aromatic N) is 1. The van der Waals surface area contributed by atoms with Gasteiger partial charge in [-0.15, -0.1) is 0 Å². The quantitative estimate of drug-likeness (QED) is 0.396. The Bertz CT molecular complexity index is 1290. The Kier molecular flexibility index (Phi) is 6.71. The molecule has 3 aromatic carbocycles. The van der Waals surface area contributed by atoms with Crippen molar-refractivity contribution in [1.82, 2.24) is 4.98 Å². The van der Waals surface area contributed by atoms with Gasteiger partial charge in [-0.25, -0.2) is 0 Å². The SMILES string of the molecule is COc1ccc(NC(=O)c2ccc(NC(=O)COc3ccc(Cl)c4cccnc34)cc2)cc1. The number of rotatable bonds is 7. The molecule has 4 rings (SSSR count). The fraction of sp³-hybridized carbons (Fsp3) is 0.0800. The molecule has 8 heteroatoms. The van der Waals surface area contributed by atoms with E-state index in [2.05, 4.69) is 15.6 Å². The predicted octanol–water partition coefficient (Wildman–Crippen LogP) is 5.17. The Morgan fingerprint density at radius 1 is 0.909 bits per heavy atom. The highest BCUT2D eigenvalue weighted by Crippen LogP contribution is 2.29. The first-order valence-electron chi connectivity index (χ1n) is 10.0. The summed E-state index contributed by atoms with van der Waals surface area (Å²) >= 11 is 6.18. The fourth-order valence-corrected chi connectivity index (χ4v) is 3.37. The van der Waals surface area contributed by atoms with Gasteiger partial charge in [-0.3, -0.25) is 14.6 Å². The molecule has 0 bridgehead atoms. The first-order chi connectivity index (χ1) is 16.0. The molecule has 0 saturated carbocycles. The summed E-state index contributed by atoms with van der Waals surface area (Å²) in [4.78, 5) is 29.0. The van der Waals surface area contributed by atoms with Gasteiger partial charge in [-0.05, 0) is 72.8 Å². The molecule has 7 nitrogen and oxygen atoms in total. The molecule has 0 aliphatic carbocycles. The molecule has 2 amide bonds. The lowest BCUT2D eigenvalue weighted by atomic mass is 10.2. The molecule has 4 aromatic rings. The molecular formula is C25H20ClN3O4. The minimum atomic E-state index is -0.343. The third-order valence-electron chi connectivity index (χ3n) is 4.82. The van der Waals surface area contributed by atoms with Gasteiger partial charge in [0, 0.05) is 28.5 Å². The largest absolute Gasteiger partial charge is 0.497 e. The van der Waals surface area contributed by atoms with Crippen molar-refractivity contribution in [3.8, 4) is 11.5 Å². The number of aromatic nitrogens is 1. The molecule has 2 N–H and O–H groups in total. The van der Waals surface area contributed by atoms with E-state index in [0.717, 1.165) is 5.39 Å². The molecule has 166 valence electrons. The lowest BCUT2D eigenvalue weighted by Crippen LogP contribution is -2.20. The average Bonchev–Trinajstić information content (AvgIpc) is 2.85. The number of hydrogen-bond donors (Lipinski definition) is 2. The van der Waals surface area contributed by atoms with Crippen molar-refractivity contribution < 1.29 is 19.1 Å². The van der Waals surface area contributed by atoms with E-state index in [1.54, 1.807) is 80.0 Å². The maximum Gasteiger partial charge on any atom is 0.262 e. The van der Waals surface area contributed by atoms with Crippen molar-refractivity contribution in [2.75, 3.05) is 24.4 Å². The predicted molar refractivity (Wildman–Crippen MR) is 128 cm³/mol. The summed E-state index contributed by atoms with van der Waals surface area (Å²) in [5, 5.41) is 6.87. The van der Waals surface area contributed by atoms with Crippen LogP contribution in [0.15, 0.2) is 79.0 Å². The third-order valence-corrected chi connectivity index (χ3v) is 5.15. The zero-order valence-corrected chi connectivity index (χ0v) is 18.4. The number of fused-ring (bicyclic) bond motifs is 1. The van der Waals surface area contributed by atoms with Crippen LogP contribution in [0.2, 0.25) is 5.02 Å². The summed E-state index contributed by atoms with van der Waals surface area (Å²) in [6.07, 6.45) is 1.64. The highest BCUT2D eigenvalue weighted by molar-refractivity contribution is 6.35. The van der Waals surface area contributed by atoms with Crippen molar-refractivity contribution in [2.45, 2.75) is 0 Å². The van der Waals surface area contributed by atoms with Crippen LogP contribution >= 0.6 is 11.6 Å². The van der Waals surface area contributed by atoms with Crippen molar-refractivity contribution >= 4 is 45.7 Å². The van der Waals surface area contributed by atoms with Crippen molar-refractivity contribution in [1.29, 1.82) is 0 Å². The van der Waals surface area contributed by atoms with E-state index in [1.807, 2.05) is 6.07 Å². The van der Waals surface area contributed by atoms with Gasteiger partial charge in [0.2, 0.25) is 0 Å². The van der Waals surface area contributed by atoms with Crippen LogP contribution < -0.4 is 20.1 Å². The number of amides is 2. The number of benzene rings is 3. The molecule has 33 heavy (non-hydrogen) atoms. The number of nitrogens with one attached hydrogen (secondary N) is 2. The van der Waals surface area contributed by atoms with Crippen molar-refractivity contribution in [2.24, 2.45) is 0 Å². The molecule has 1 aromatic heterocycles. The summed E-state index contributed by atoms with van der Waals surface area (Å²) in [5.41, 5.74) is 2.24. The van der Waals surface area contributed by atoms with Crippen LogP contribution in [0, 0.1) is 0 Å². The maximum atomic E-state index is 12.4. The minimum Gasteiger partial charge on any atom is -0.497 e. The van der Waals surface area contributed by atoms with E-state index < -0.39 is 0 Å². The summed E-state index contributed by atoms with van der Waals surface area (Å²) < 4.78 is 10.8. The monoisotopic (exact) mass is 461 g/mol. The Balaban J connectivity index is 1.33. The van der Waals surface area contributed by atoms with E-state index in [1.165, 1.54) is 0 Å². The maximum absolute atomic E-state index is 12.4. The number of pyridine rings is 1. The lowest BCUT2D eigenvalue weighted by molar-refractivity contribution is -0.118. The van der Waals surface area contributed by atoms with E-state index in [4.69, 9.17) is 21.1 Å². The van der Waals surface area contributed by atoms with E-state index >= 15 is 0 Å². The van der Waals surface area contributed by atoms with Crippen molar-refractivity contribution in [3.63, 3.8) is 0 Å². The zero-order chi connectivity index (χ0) is 23.2. The number of methoxy groups -OCH3 is 1. The number of hydrogen-bond acceptors (Lipinski definition) is 5. The van der Waals surface area contributed by atoms with E-state index in [-0.39, 0.29) is 18.4 Å². The van der Waals surface area contributed by atoms with Crippen molar-refractivity contribution in [3.05, 3.63) is 89.6 Å². The standard InChI is InChI=1S/C25H20ClN3O4/c1-32-19-10-8-18(9-11-19)29-25(31)16-4-6-17(7-5-16)28-23(30)15-33-22-13-12-21(26)20-3-2-14-27-24(20)22/h2-14H,15H2,1H3,(H,28,30)(H,29,31). The Morgan fingerprint density at radius 2 is 1.61 bits per heavy atom. The molecule has 0 unspecified atom stereocenters. The number of carbonyl (C=O) groups excluding carboxylic acids is 2. The topological polar surface area (TPSA) is 89.6 Å². The summed E-state index contributed by atoms with van der Waals surface area (Å²) in [6, 6.07) is 20.6.